The van der Waals surface area contributed by atoms with E-state index in [2.05, 4.69) is 37.2 Å². The summed E-state index contributed by atoms with van der Waals surface area (Å²) in [5.74, 6) is 0.306. The van der Waals surface area contributed by atoms with Gasteiger partial charge in [0.15, 0.2) is 9.84 Å². The van der Waals surface area contributed by atoms with E-state index < -0.39 is 9.84 Å². The molecule has 0 spiro atoms. The molecule has 2 rings (SSSR count). The van der Waals surface area contributed by atoms with E-state index in [1.54, 1.807) is 0 Å². The first-order chi connectivity index (χ1) is 9.36. The van der Waals surface area contributed by atoms with Crippen molar-refractivity contribution in [1.82, 2.24) is 5.32 Å². The Kier molecular flexibility index (Phi) is 5.32. The van der Waals surface area contributed by atoms with Crippen LogP contribution < -0.4 is 5.32 Å². The molecule has 1 N–H and O–H groups in total. The Morgan fingerprint density at radius 3 is 2.55 bits per heavy atom. The molecular formula is C14H19Br2NO2S. The van der Waals surface area contributed by atoms with Crippen molar-refractivity contribution in [3.63, 3.8) is 0 Å². The van der Waals surface area contributed by atoms with Gasteiger partial charge >= 0.3 is 0 Å². The minimum absolute atomic E-state index is 0.174. The molecule has 3 nitrogen and oxygen atoms in total. The third-order valence-electron chi connectivity index (χ3n) is 3.92. The summed E-state index contributed by atoms with van der Waals surface area (Å²) in [5, 5.41) is 2.86. The number of hydrogen-bond donors (Lipinski definition) is 1. The van der Waals surface area contributed by atoms with Gasteiger partial charge in [-0.25, -0.2) is 8.42 Å². The minimum atomic E-state index is -3.02. The van der Waals surface area contributed by atoms with Crippen LogP contribution in [0.5, 0.6) is 0 Å². The lowest BCUT2D eigenvalue weighted by Crippen LogP contribution is -2.39. The summed E-state index contributed by atoms with van der Waals surface area (Å²) < 4.78 is 26.7. The molecule has 0 amide bonds. The maximum atomic E-state index is 12.4. The summed E-state index contributed by atoms with van der Waals surface area (Å²) >= 11 is 7.10. The highest BCUT2D eigenvalue weighted by molar-refractivity contribution is 9.11. The van der Waals surface area contributed by atoms with E-state index in [9.17, 15) is 8.42 Å². The quantitative estimate of drug-likeness (QED) is 0.803. The van der Waals surface area contributed by atoms with Crippen LogP contribution in [-0.4, -0.2) is 26.5 Å². The van der Waals surface area contributed by atoms with Gasteiger partial charge in [-0.05, 0) is 50.1 Å². The van der Waals surface area contributed by atoms with Gasteiger partial charge in [0.05, 0.1) is 11.0 Å². The highest BCUT2D eigenvalue weighted by Gasteiger charge is 2.36. The van der Waals surface area contributed by atoms with E-state index >= 15 is 0 Å². The third-order valence-corrected chi connectivity index (χ3v) is 7.75. The molecule has 112 valence electrons. The van der Waals surface area contributed by atoms with Gasteiger partial charge in [-0.2, -0.15) is 0 Å². The Balaban J connectivity index is 2.45. The van der Waals surface area contributed by atoms with Crippen molar-refractivity contribution < 1.29 is 8.42 Å². The zero-order chi connectivity index (χ0) is 14.9. The first-order valence-electron chi connectivity index (χ1n) is 6.71. The maximum Gasteiger partial charge on any atom is 0.155 e. The Bertz CT molecular complexity index is 601. The lowest BCUT2D eigenvalue weighted by molar-refractivity contribution is 0.468. The fourth-order valence-corrected chi connectivity index (χ4v) is 5.99. The van der Waals surface area contributed by atoms with E-state index in [-0.39, 0.29) is 11.3 Å². The Labute approximate surface area is 137 Å². The van der Waals surface area contributed by atoms with Crippen molar-refractivity contribution in [1.29, 1.82) is 0 Å². The summed E-state index contributed by atoms with van der Waals surface area (Å²) in [7, 11) is -1.19. The van der Waals surface area contributed by atoms with Crippen molar-refractivity contribution >= 4 is 41.7 Å². The monoisotopic (exact) mass is 423 g/mol. The van der Waals surface area contributed by atoms with Gasteiger partial charge in [-0.1, -0.05) is 38.3 Å². The second-order valence-corrected chi connectivity index (χ2v) is 9.34. The predicted molar refractivity (Wildman–Crippen MR) is 89.8 cm³/mol. The first-order valence-corrected chi connectivity index (χ1v) is 10.0. The van der Waals surface area contributed by atoms with E-state index in [0.717, 1.165) is 39.3 Å². The van der Waals surface area contributed by atoms with Crippen molar-refractivity contribution in [3.8, 4) is 0 Å². The van der Waals surface area contributed by atoms with Crippen molar-refractivity contribution in [2.24, 2.45) is 0 Å². The van der Waals surface area contributed by atoms with Crippen LogP contribution in [0.4, 0.5) is 0 Å². The molecule has 0 saturated carbocycles. The smallest absolute Gasteiger partial charge is 0.155 e. The predicted octanol–water partition coefficient (Wildman–Crippen LogP) is 3.75. The Hall–Kier alpha value is 0.0900. The molecule has 0 aromatic heterocycles. The van der Waals surface area contributed by atoms with Gasteiger partial charge in [-0.15, -0.1) is 0 Å². The molecule has 2 unspecified atom stereocenters. The van der Waals surface area contributed by atoms with Crippen molar-refractivity contribution in [2.45, 2.75) is 37.5 Å². The van der Waals surface area contributed by atoms with Crippen LogP contribution in [0.1, 0.15) is 36.4 Å². The van der Waals surface area contributed by atoms with E-state index in [1.807, 2.05) is 26.1 Å². The van der Waals surface area contributed by atoms with Crippen LogP contribution in [0.2, 0.25) is 0 Å². The van der Waals surface area contributed by atoms with Crippen LogP contribution >= 0.6 is 31.9 Å². The second-order valence-electron chi connectivity index (χ2n) is 5.29. The van der Waals surface area contributed by atoms with Crippen molar-refractivity contribution in [3.05, 3.63) is 32.2 Å². The first kappa shape index (κ1) is 16.5. The molecule has 0 aliphatic carbocycles. The molecule has 0 radical (unpaired) electrons. The second kappa shape index (κ2) is 6.46. The van der Waals surface area contributed by atoms with Gasteiger partial charge in [0, 0.05) is 15.0 Å². The number of hydrogen-bond acceptors (Lipinski definition) is 3. The van der Waals surface area contributed by atoms with Gasteiger partial charge < -0.3 is 5.32 Å². The van der Waals surface area contributed by atoms with Crippen LogP contribution in [0.25, 0.3) is 0 Å². The van der Waals surface area contributed by atoms with Crippen LogP contribution in [0.3, 0.4) is 0 Å². The average molecular weight is 425 g/mol. The molecule has 1 heterocycles. The molecule has 1 saturated heterocycles. The molecule has 0 bridgehead atoms. The molecule has 1 aliphatic rings. The Morgan fingerprint density at radius 2 is 1.95 bits per heavy atom. The highest BCUT2D eigenvalue weighted by atomic mass is 79.9. The molecule has 20 heavy (non-hydrogen) atoms. The number of halogens is 2. The fraction of sp³-hybridized carbons (Fsp3) is 0.571. The lowest BCUT2D eigenvalue weighted by atomic mass is 9.98. The number of sulfone groups is 1. The average Bonchev–Trinajstić information content (AvgIpc) is 2.37. The number of benzene rings is 1. The summed E-state index contributed by atoms with van der Waals surface area (Å²) in [6, 6.07) is 3.87. The largest absolute Gasteiger partial charge is 0.312 e. The fourth-order valence-electron chi connectivity index (χ4n) is 2.80. The summed E-state index contributed by atoms with van der Waals surface area (Å²) in [5.41, 5.74) is 2.13. The topological polar surface area (TPSA) is 46.2 Å². The highest BCUT2D eigenvalue weighted by Crippen LogP contribution is 2.36. The molecule has 1 aromatic carbocycles. The Morgan fingerprint density at radius 1 is 1.25 bits per heavy atom. The normalized spacial score (nSPS) is 23.5. The standard InChI is InChI=1S/C14H19Br2NO2S/c1-9-7-12(16)10(8-11(9)15)14(17-2)13-5-3-4-6-20(13,18)19/h7-8,13-14,17H,3-6H2,1-2H3. The molecule has 6 heteroatoms. The summed E-state index contributed by atoms with van der Waals surface area (Å²) in [6.07, 6.45) is 2.49. The van der Waals surface area contributed by atoms with E-state index in [1.165, 1.54) is 0 Å². The molecule has 1 aliphatic heterocycles. The summed E-state index contributed by atoms with van der Waals surface area (Å²) in [6.45, 7) is 2.02. The van der Waals surface area contributed by atoms with Crippen LogP contribution in [0.15, 0.2) is 21.1 Å². The van der Waals surface area contributed by atoms with Crippen LogP contribution in [-0.2, 0) is 9.84 Å². The third kappa shape index (κ3) is 3.29. The van der Waals surface area contributed by atoms with E-state index in [0.29, 0.717) is 5.75 Å². The lowest BCUT2D eigenvalue weighted by Gasteiger charge is -2.31. The van der Waals surface area contributed by atoms with Gasteiger partial charge in [0.2, 0.25) is 0 Å². The zero-order valence-electron chi connectivity index (χ0n) is 11.6. The minimum Gasteiger partial charge on any atom is -0.312 e. The molecular weight excluding hydrogens is 406 g/mol. The maximum absolute atomic E-state index is 12.4. The number of rotatable bonds is 3. The van der Waals surface area contributed by atoms with Crippen molar-refractivity contribution in [2.75, 3.05) is 12.8 Å². The molecule has 2 atom stereocenters. The van der Waals surface area contributed by atoms with Crippen LogP contribution in [0, 0.1) is 6.92 Å². The van der Waals surface area contributed by atoms with E-state index in [4.69, 9.17) is 0 Å². The summed E-state index contributed by atoms with van der Waals surface area (Å²) in [4.78, 5) is 0. The van der Waals surface area contributed by atoms with Gasteiger partial charge in [-0.3, -0.25) is 0 Å². The van der Waals surface area contributed by atoms with Gasteiger partial charge in [0.25, 0.3) is 0 Å². The molecule has 1 aromatic rings. The van der Waals surface area contributed by atoms with Gasteiger partial charge in [0.1, 0.15) is 0 Å². The molecule has 1 fully saturated rings. The zero-order valence-corrected chi connectivity index (χ0v) is 15.6. The number of nitrogens with one attached hydrogen (secondary N) is 1. The number of aryl methyl sites for hydroxylation is 1. The SMILES string of the molecule is CNC(c1cc(Br)c(C)cc1Br)C1CCCCS1(=O)=O.